The summed E-state index contributed by atoms with van der Waals surface area (Å²) in [4.78, 5) is 50.9. The van der Waals surface area contributed by atoms with E-state index < -0.39 is 76.8 Å². The summed E-state index contributed by atoms with van der Waals surface area (Å²) >= 11 is 0. The van der Waals surface area contributed by atoms with Crippen LogP contribution in [-0.4, -0.2) is 70.3 Å². The summed E-state index contributed by atoms with van der Waals surface area (Å²) in [6.07, 6.45) is -2.72. The van der Waals surface area contributed by atoms with E-state index in [2.05, 4.69) is 5.32 Å². The predicted molar refractivity (Wildman–Crippen MR) is 171 cm³/mol. The first-order valence-corrected chi connectivity index (χ1v) is 15.7. The number of rotatable bonds is 10. The Balaban J connectivity index is 1.59. The molecule has 0 aliphatic heterocycles. The Kier molecular flexibility index (Phi) is 10.5. The molecule has 2 aliphatic rings. The van der Waals surface area contributed by atoms with Gasteiger partial charge in [-0.2, -0.15) is 0 Å². The number of hydrogen-bond donors (Lipinski definition) is 3. The third-order valence-corrected chi connectivity index (χ3v) is 8.99. The Morgan fingerprint density at radius 1 is 1.00 bits per heavy atom. The Morgan fingerprint density at radius 3 is 2.17 bits per heavy atom. The van der Waals surface area contributed by atoms with Crippen LogP contribution in [0.5, 0.6) is 0 Å². The van der Waals surface area contributed by atoms with Crippen LogP contribution in [0, 0.1) is 17.3 Å². The zero-order valence-corrected chi connectivity index (χ0v) is 27.9. The number of esters is 3. The number of benzene rings is 2. The minimum atomic E-state index is -1.82. The number of nitrogens with one attached hydrogen (secondary N) is 1. The Labute approximate surface area is 275 Å². The van der Waals surface area contributed by atoms with Gasteiger partial charge in [-0.15, -0.1) is 0 Å². The van der Waals surface area contributed by atoms with Gasteiger partial charge in [-0.1, -0.05) is 61.5 Å². The summed E-state index contributed by atoms with van der Waals surface area (Å²) in [6.45, 7) is 11.6. The largest absolute Gasteiger partial charge is 0.466 e. The molecular formula is C36H45NO10. The molecule has 0 aromatic heterocycles. The quantitative estimate of drug-likeness (QED) is 0.187. The zero-order valence-electron chi connectivity index (χ0n) is 27.9. The highest BCUT2D eigenvalue weighted by atomic mass is 16.6. The van der Waals surface area contributed by atoms with Crippen molar-refractivity contribution in [3.8, 4) is 0 Å². The van der Waals surface area contributed by atoms with Crippen LogP contribution >= 0.6 is 0 Å². The van der Waals surface area contributed by atoms with Gasteiger partial charge in [0.1, 0.15) is 17.8 Å². The van der Waals surface area contributed by atoms with E-state index in [4.69, 9.17) is 18.9 Å². The van der Waals surface area contributed by atoms with Crippen LogP contribution in [0.2, 0.25) is 0 Å². The number of amides is 1. The topological polar surface area (TPSA) is 158 Å². The lowest BCUT2D eigenvalue weighted by Gasteiger charge is -2.67. The number of fused-ring (bicyclic) bond motifs is 1. The number of aliphatic hydroxyl groups is 2. The van der Waals surface area contributed by atoms with Crippen molar-refractivity contribution in [3.05, 3.63) is 83.4 Å². The molecule has 0 saturated heterocycles. The molecule has 0 spiro atoms. The number of alkyl carbamates (subject to hydrolysis) is 1. The highest BCUT2D eigenvalue weighted by Crippen LogP contribution is 2.64. The van der Waals surface area contributed by atoms with Crippen LogP contribution in [0.25, 0.3) is 0 Å². The second-order valence-corrected chi connectivity index (χ2v) is 13.7. The second kappa shape index (κ2) is 13.9. The first kappa shape index (κ1) is 35.6. The number of carbonyl (C=O) groups is 4. The molecule has 0 heterocycles. The molecule has 0 radical (unpaired) electrons. The molecule has 1 amide bonds. The standard InChI is InChI=1S/C36H45NO10/c1-21-18-35(7)30(46-31(40)25-16-12-9-13-17-25)27(22(2)20-44-23(3)38)36(35,43)19-26(21)45-32(41)29(39)28(24-14-10-8-11-15-24)37-33(42)47-34(4,5)6/h8-18,22,26-30,39,43H,19-20H2,1-7H3,(H,37,42)/t22-,26-,27+,28-,29+,30+,35+,36+/m0/s1. The summed E-state index contributed by atoms with van der Waals surface area (Å²) < 4.78 is 22.5. The van der Waals surface area contributed by atoms with Gasteiger partial charge >= 0.3 is 24.0 Å². The van der Waals surface area contributed by atoms with Crippen molar-refractivity contribution in [2.24, 2.45) is 17.3 Å². The van der Waals surface area contributed by atoms with Crippen LogP contribution in [0.4, 0.5) is 4.79 Å². The van der Waals surface area contributed by atoms with E-state index in [9.17, 15) is 29.4 Å². The Bertz CT molecular complexity index is 1490. The number of ether oxygens (including phenoxy) is 4. The van der Waals surface area contributed by atoms with E-state index >= 15 is 0 Å². The van der Waals surface area contributed by atoms with Crippen molar-refractivity contribution in [1.29, 1.82) is 0 Å². The maximum Gasteiger partial charge on any atom is 0.408 e. The van der Waals surface area contributed by atoms with Gasteiger partial charge in [-0.3, -0.25) is 4.79 Å². The minimum Gasteiger partial charge on any atom is -0.466 e. The fourth-order valence-electron chi connectivity index (χ4n) is 6.70. The zero-order chi connectivity index (χ0) is 34.7. The van der Waals surface area contributed by atoms with E-state index in [-0.39, 0.29) is 13.0 Å². The average Bonchev–Trinajstić information content (AvgIpc) is 3.00. The first-order chi connectivity index (χ1) is 22.0. The second-order valence-electron chi connectivity index (χ2n) is 13.7. The number of hydrogen-bond acceptors (Lipinski definition) is 10. The molecule has 8 atom stereocenters. The average molecular weight is 652 g/mol. The van der Waals surface area contributed by atoms with Crippen LogP contribution in [0.15, 0.2) is 72.3 Å². The molecule has 0 bridgehead atoms. The predicted octanol–water partition coefficient (Wildman–Crippen LogP) is 4.67. The maximum absolute atomic E-state index is 13.5. The highest BCUT2D eigenvalue weighted by molar-refractivity contribution is 5.89. The van der Waals surface area contributed by atoms with Crippen molar-refractivity contribution >= 4 is 24.0 Å². The van der Waals surface area contributed by atoms with Crippen LogP contribution in [0.3, 0.4) is 0 Å². The van der Waals surface area contributed by atoms with E-state index in [0.29, 0.717) is 16.7 Å². The van der Waals surface area contributed by atoms with Crippen LogP contribution in [-0.2, 0) is 28.5 Å². The van der Waals surface area contributed by atoms with Gasteiger partial charge in [0.25, 0.3) is 0 Å². The van der Waals surface area contributed by atoms with E-state index in [1.54, 1.807) is 108 Å². The molecule has 254 valence electrons. The lowest BCUT2D eigenvalue weighted by atomic mass is 9.43. The van der Waals surface area contributed by atoms with Crippen molar-refractivity contribution in [2.75, 3.05) is 6.61 Å². The summed E-state index contributed by atoms with van der Waals surface area (Å²) in [5.74, 6) is -3.20. The molecule has 11 nitrogen and oxygen atoms in total. The number of aliphatic hydroxyl groups excluding tert-OH is 1. The molecule has 2 aromatic rings. The molecule has 11 heteroatoms. The normalized spacial score (nSPS) is 27.0. The van der Waals surface area contributed by atoms with E-state index in [1.807, 2.05) is 0 Å². The third kappa shape index (κ3) is 7.68. The molecule has 2 aliphatic carbocycles. The monoisotopic (exact) mass is 651 g/mol. The molecule has 3 N–H and O–H groups in total. The SMILES string of the molecule is CC(=O)OC[C@H](C)[C@@H]1[C@@H](OC(=O)c2ccccc2)[C@@]2(C)C=C(C)[C@@H](OC(=O)[C@H](O)[C@@H](NC(=O)OC(C)(C)C)c3ccccc3)C[C@@]12O. The van der Waals surface area contributed by atoms with Gasteiger partial charge in [-0.25, -0.2) is 14.4 Å². The van der Waals surface area contributed by atoms with E-state index in [0.717, 1.165) is 0 Å². The van der Waals surface area contributed by atoms with Gasteiger partial charge in [0, 0.05) is 19.3 Å². The lowest BCUT2D eigenvalue weighted by molar-refractivity contribution is -0.291. The summed E-state index contributed by atoms with van der Waals surface area (Å²) in [7, 11) is 0. The molecule has 0 unspecified atom stereocenters. The van der Waals surface area contributed by atoms with Gasteiger partial charge in [-0.05, 0) is 63.8 Å². The number of carbonyl (C=O) groups excluding carboxylic acids is 4. The van der Waals surface area contributed by atoms with Crippen molar-refractivity contribution in [3.63, 3.8) is 0 Å². The minimum absolute atomic E-state index is 0.0290. The van der Waals surface area contributed by atoms with E-state index in [1.165, 1.54) is 6.92 Å². The molecule has 2 aromatic carbocycles. The maximum atomic E-state index is 13.5. The van der Waals surface area contributed by atoms with Crippen molar-refractivity contribution < 1.29 is 48.3 Å². The molecule has 47 heavy (non-hydrogen) atoms. The van der Waals surface area contributed by atoms with Crippen LogP contribution < -0.4 is 5.32 Å². The summed E-state index contributed by atoms with van der Waals surface area (Å²) in [5, 5.41) is 26.1. The molecular weight excluding hydrogens is 606 g/mol. The fourth-order valence-corrected chi connectivity index (χ4v) is 6.70. The Morgan fingerprint density at radius 2 is 1.60 bits per heavy atom. The summed E-state index contributed by atoms with van der Waals surface area (Å²) in [6, 6.07) is 15.8. The molecule has 4 rings (SSSR count). The highest BCUT2D eigenvalue weighted by Gasteiger charge is 2.73. The summed E-state index contributed by atoms with van der Waals surface area (Å²) in [5.41, 5.74) is -2.04. The van der Waals surface area contributed by atoms with Crippen LogP contribution in [0.1, 0.15) is 76.9 Å². The molecule has 1 fully saturated rings. The van der Waals surface area contributed by atoms with Gasteiger partial charge in [0.2, 0.25) is 0 Å². The lowest BCUT2D eigenvalue weighted by Crippen LogP contribution is -2.76. The van der Waals surface area contributed by atoms with Crippen molar-refractivity contribution in [2.45, 2.75) is 90.4 Å². The van der Waals surface area contributed by atoms with Gasteiger partial charge in [0.05, 0.1) is 29.2 Å². The van der Waals surface area contributed by atoms with Gasteiger partial charge in [0.15, 0.2) is 6.10 Å². The first-order valence-electron chi connectivity index (χ1n) is 15.7. The molecule has 1 saturated carbocycles. The smallest absolute Gasteiger partial charge is 0.408 e. The van der Waals surface area contributed by atoms with Crippen molar-refractivity contribution in [1.82, 2.24) is 5.32 Å². The van der Waals surface area contributed by atoms with Gasteiger partial charge < -0.3 is 34.5 Å². The third-order valence-electron chi connectivity index (χ3n) is 8.99. The fraction of sp³-hybridized carbons (Fsp3) is 0.500. The Hall–Kier alpha value is -4.22.